The van der Waals surface area contributed by atoms with E-state index in [1.54, 1.807) is 0 Å². The molecule has 20 heavy (non-hydrogen) atoms. The van der Waals surface area contributed by atoms with Crippen molar-refractivity contribution in [3.63, 3.8) is 0 Å². The van der Waals surface area contributed by atoms with Crippen LogP contribution in [-0.2, 0) is 4.79 Å². The molecule has 1 aliphatic heterocycles. The standard InChI is InChI=1S/C16H18N2O.ClH/c19-16(11-14-6-3-9-17-14)18-15-8-7-12-4-1-2-5-13(12)10-15;/h1-2,4-5,7-8,10,14,17H,3,6,9,11H2,(H,18,19);1H/t14-;/m0./s1. The van der Waals surface area contributed by atoms with Crippen molar-refractivity contribution in [2.75, 3.05) is 11.9 Å². The number of benzene rings is 2. The van der Waals surface area contributed by atoms with Gasteiger partial charge in [-0.25, -0.2) is 0 Å². The van der Waals surface area contributed by atoms with Crippen molar-refractivity contribution in [1.82, 2.24) is 5.32 Å². The lowest BCUT2D eigenvalue weighted by atomic mass is 10.1. The number of fused-ring (bicyclic) bond motifs is 1. The van der Waals surface area contributed by atoms with Crippen LogP contribution in [0.1, 0.15) is 19.3 Å². The Labute approximate surface area is 125 Å². The van der Waals surface area contributed by atoms with E-state index in [-0.39, 0.29) is 18.3 Å². The summed E-state index contributed by atoms with van der Waals surface area (Å²) < 4.78 is 0. The third-order valence-corrected chi connectivity index (χ3v) is 3.63. The fourth-order valence-corrected chi connectivity index (χ4v) is 2.63. The fraction of sp³-hybridized carbons (Fsp3) is 0.312. The van der Waals surface area contributed by atoms with Gasteiger partial charge in [-0.2, -0.15) is 0 Å². The summed E-state index contributed by atoms with van der Waals surface area (Å²) >= 11 is 0. The summed E-state index contributed by atoms with van der Waals surface area (Å²) in [6.45, 7) is 1.04. The molecule has 0 aliphatic carbocycles. The molecule has 1 saturated heterocycles. The number of halogens is 1. The van der Waals surface area contributed by atoms with Crippen LogP contribution in [-0.4, -0.2) is 18.5 Å². The number of amides is 1. The molecule has 3 nitrogen and oxygen atoms in total. The van der Waals surface area contributed by atoms with Crippen LogP contribution in [0.5, 0.6) is 0 Å². The quantitative estimate of drug-likeness (QED) is 0.910. The second-order valence-electron chi connectivity index (χ2n) is 5.11. The van der Waals surface area contributed by atoms with E-state index in [9.17, 15) is 4.79 Å². The first-order valence-corrected chi connectivity index (χ1v) is 6.83. The number of hydrogen-bond acceptors (Lipinski definition) is 2. The molecular formula is C16H19ClN2O. The molecule has 1 heterocycles. The summed E-state index contributed by atoms with van der Waals surface area (Å²) in [5, 5.41) is 8.67. The Morgan fingerprint density at radius 3 is 2.75 bits per heavy atom. The molecule has 0 saturated carbocycles. The Bertz CT molecular complexity index is 594. The Kier molecular flexibility index (Phi) is 4.99. The predicted octanol–water partition coefficient (Wildman–Crippen LogP) is 3.34. The Morgan fingerprint density at radius 1 is 1.20 bits per heavy atom. The van der Waals surface area contributed by atoms with E-state index in [0.29, 0.717) is 12.5 Å². The first-order valence-electron chi connectivity index (χ1n) is 6.83. The van der Waals surface area contributed by atoms with Gasteiger partial charge in [-0.05, 0) is 42.3 Å². The average molecular weight is 291 g/mol. The van der Waals surface area contributed by atoms with Crippen molar-refractivity contribution >= 4 is 34.8 Å². The summed E-state index contributed by atoms with van der Waals surface area (Å²) in [5.41, 5.74) is 0.877. The van der Waals surface area contributed by atoms with Crippen LogP contribution in [0.4, 0.5) is 5.69 Å². The van der Waals surface area contributed by atoms with Gasteiger partial charge in [0, 0.05) is 18.2 Å². The lowest BCUT2D eigenvalue weighted by Gasteiger charge is -2.11. The Balaban J connectivity index is 0.00000147. The third kappa shape index (κ3) is 3.50. The van der Waals surface area contributed by atoms with Gasteiger partial charge in [0.15, 0.2) is 0 Å². The number of anilines is 1. The van der Waals surface area contributed by atoms with E-state index in [2.05, 4.69) is 22.8 Å². The van der Waals surface area contributed by atoms with Gasteiger partial charge in [-0.1, -0.05) is 30.3 Å². The van der Waals surface area contributed by atoms with Crippen LogP contribution < -0.4 is 10.6 Å². The van der Waals surface area contributed by atoms with Gasteiger partial charge < -0.3 is 10.6 Å². The summed E-state index contributed by atoms with van der Waals surface area (Å²) in [5.74, 6) is 0.0923. The van der Waals surface area contributed by atoms with E-state index < -0.39 is 0 Å². The Hall–Kier alpha value is -1.58. The average Bonchev–Trinajstić information content (AvgIpc) is 2.91. The second-order valence-corrected chi connectivity index (χ2v) is 5.11. The summed E-state index contributed by atoms with van der Waals surface area (Å²) in [7, 11) is 0. The minimum absolute atomic E-state index is 0. The van der Waals surface area contributed by atoms with Crippen LogP contribution in [0.25, 0.3) is 10.8 Å². The zero-order valence-electron chi connectivity index (χ0n) is 11.3. The molecule has 2 aromatic carbocycles. The highest BCUT2D eigenvalue weighted by Gasteiger charge is 2.17. The van der Waals surface area contributed by atoms with E-state index in [1.807, 2.05) is 30.3 Å². The normalized spacial score (nSPS) is 17.7. The molecule has 4 heteroatoms. The van der Waals surface area contributed by atoms with Crippen molar-refractivity contribution in [2.24, 2.45) is 0 Å². The van der Waals surface area contributed by atoms with Crippen molar-refractivity contribution in [1.29, 1.82) is 0 Å². The minimum Gasteiger partial charge on any atom is -0.326 e. The lowest BCUT2D eigenvalue weighted by molar-refractivity contribution is -0.116. The molecule has 0 aromatic heterocycles. The molecule has 1 amide bonds. The molecule has 106 valence electrons. The molecule has 0 unspecified atom stereocenters. The van der Waals surface area contributed by atoms with Crippen LogP contribution in [0.3, 0.4) is 0 Å². The SMILES string of the molecule is Cl.O=C(C[C@@H]1CCCN1)Nc1ccc2ccccc2c1. The molecule has 2 aromatic rings. The molecule has 2 N–H and O–H groups in total. The Morgan fingerprint density at radius 2 is 2.00 bits per heavy atom. The highest BCUT2D eigenvalue weighted by molar-refractivity contribution is 5.94. The van der Waals surface area contributed by atoms with Crippen molar-refractivity contribution in [3.8, 4) is 0 Å². The van der Waals surface area contributed by atoms with E-state index in [4.69, 9.17) is 0 Å². The highest BCUT2D eigenvalue weighted by Crippen LogP contribution is 2.19. The number of hydrogen-bond donors (Lipinski definition) is 2. The maximum absolute atomic E-state index is 12.0. The second kappa shape index (κ2) is 6.73. The number of nitrogens with one attached hydrogen (secondary N) is 2. The number of carbonyl (C=O) groups excluding carboxylic acids is 1. The predicted molar refractivity (Wildman–Crippen MR) is 85.5 cm³/mol. The lowest BCUT2D eigenvalue weighted by Crippen LogP contribution is -2.27. The fourth-order valence-electron chi connectivity index (χ4n) is 2.63. The molecule has 1 fully saturated rings. The summed E-state index contributed by atoms with van der Waals surface area (Å²) in [6.07, 6.45) is 2.84. The van der Waals surface area contributed by atoms with Crippen LogP contribution in [0, 0.1) is 0 Å². The van der Waals surface area contributed by atoms with Crippen LogP contribution in [0.15, 0.2) is 42.5 Å². The van der Waals surface area contributed by atoms with Crippen molar-refractivity contribution in [2.45, 2.75) is 25.3 Å². The van der Waals surface area contributed by atoms with Gasteiger partial charge in [-0.15, -0.1) is 12.4 Å². The largest absolute Gasteiger partial charge is 0.326 e. The third-order valence-electron chi connectivity index (χ3n) is 3.63. The molecular weight excluding hydrogens is 272 g/mol. The molecule has 1 atom stereocenters. The molecule has 0 spiro atoms. The number of carbonyl (C=O) groups is 1. The van der Waals surface area contributed by atoms with Crippen LogP contribution in [0.2, 0.25) is 0 Å². The van der Waals surface area contributed by atoms with Gasteiger partial charge in [0.25, 0.3) is 0 Å². The van der Waals surface area contributed by atoms with Crippen molar-refractivity contribution in [3.05, 3.63) is 42.5 Å². The van der Waals surface area contributed by atoms with Crippen LogP contribution >= 0.6 is 12.4 Å². The molecule has 3 rings (SSSR count). The van der Waals surface area contributed by atoms with E-state index in [0.717, 1.165) is 24.0 Å². The van der Waals surface area contributed by atoms with E-state index in [1.165, 1.54) is 11.8 Å². The molecule has 1 aliphatic rings. The molecule has 0 bridgehead atoms. The monoisotopic (exact) mass is 290 g/mol. The van der Waals surface area contributed by atoms with Gasteiger partial charge in [0.05, 0.1) is 0 Å². The molecule has 0 radical (unpaired) electrons. The van der Waals surface area contributed by atoms with Gasteiger partial charge >= 0.3 is 0 Å². The first kappa shape index (κ1) is 14.8. The maximum atomic E-state index is 12.0. The first-order chi connectivity index (χ1) is 9.31. The highest BCUT2D eigenvalue weighted by atomic mass is 35.5. The smallest absolute Gasteiger partial charge is 0.225 e. The maximum Gasteiger partial charge on any atom is 0.225 e. The van der Waals surface area contributed by atoms with Crippen molar-refractivity contribution < 1.29 is 4.79 Å². The topological polar surface area (TPSA) is 41.1 Å². The van der Waals surface area contributed by atoms with Gasteiger partial charge in [0.1, 0.15) is 0 Å². The zero-order valence-corrected chi connectivity index (χ0v) is 12.1. The van der Waals surface area contributed by atoms with Gasteiger partial charge in [-0.3, -0.25) is 4.79 Å². The summed E-state index contributed by atoms with van der Waals surface area (Å²) in [6, 6.07) is 14.5. The summed E-state index contributed by atoms with van der Waals surface area (Å²) in [4.78, 5) is 12.0. The minimum atomic E-state index is 0. The number of rotatable bonds is 3. The van der Waals surface area contributed by atoms with E-state index >= 15 is 0 Å². The van der Waals surface area contributed by atoms with Gasteiger partial charge in [0.2, 0.25) is 5.91 Å². The zero-order chi connectivity index (χ0) is 13.1.